The topological polar surface area (TPSA) is 188 Å². The van der Waals surface area contributed by atoms with Crippen molar-refractivity contribution in [2.75, 3.05) is 22.6 Å². The Morgan fingerprint density at radius 3 is 1.80 bits per heavy atom. The highest BCUT2D eigenvalue weighted by Gasteiger charge is 2.20. The number of fused-ring (bicyclic) bond motifs is 2. The maximum absolute atomic E-state index is 13.6. The quantitative estimate of drug-likeness (QED) is 0.101. The largest absolute Gasteiger partial charge is 0.383 e. The van der Waals surface area contributed by atoms with Gasteiger partial charge in [0.05, 0.1) is 5.39 Å². The van der Waals surface area contributed by atoms with E-state index in [-0.39, 0.29) is 17.3 Å². The summed E-state index contributed by atoms with van der Waals surface area (Å²) in [4.78, 5) is 18.5. The SMILES string of the molecule is Nc1nc(-c2ccccc2)nc2c1c(-c1ccc(F)c(F)c1)nn2N.Nc1nc(-c2ccccc2)nc2n[nH]c(Nc3ccc(F)c(F)c3)c12. The maximum Gasteiger partial charge on any atom is 0.188 e. The number of rotatable bonds is 5. The van der Waals surface area contributed by atoms with Crippen LogP contribution in [0.3, 0.4) is 0 Å². The van der Waals surface area contributed by atoms with Crippen molar-refractivity contribution in [1.82, 2.24) is 40.0 Å². The molecule has 8 N–H and O–H groups in total. The molecule has 0 amide bonds. The number of anilines is 4. The van der Waals surface area contributed by atoms with E-state index >= 15 is 0 Å². The Morgan fingerprint density at radius 1 is 0.600 bits per heavy atom. The molecule has 12 nitrogen and oxygen atoms in total. The average molecular weight is 677 g/mol. The third kappa shape index (κ3) is 6.03. The van der Waals surface area contributed by atoms with E-state index in [1.54, 1.807) is 0 Å². The lowest BCUT2D eigenvalue weighted by molar-refractivity contribution is 0.509. The molecule has 0 bridgehead atoms. The van der Waals surface area contributed by atoms with E-state index in [2.05, 4.69) is 40.5 Å². The van der Waals surface area contributed by atoms with Gasteiger partial charge in [0.25, 0.3) is 0 Å². The van der Waals surface area contributed by atoms with Crippen LogP contribution in [-0.4, -0.2) is 40.0 Å². The maximum atomic E-state index is 13.6. The van der Waals surface area contributed by atoms with Gasteiger partial charge in [-0.05, 0) is 30.3 Å². The van der Waals surface area contributed by atoms with Gasteiger partial charge in [-0.1, -0.05) is 60.7 Å². The van der Waals surface area contributed by atoms with Crippen LogP contribution in [0.25, 0.3) is 56.1 Å². The van der Waals surface area contributed by atoms with Gasteiger partial charge in [0.2, 0.25) is 0 Å². The summed E-state index contributed by atoms with van der Waals surface area (Å²) in [6, 6.07) is 25.6. The molecule has 4 aromatic heterocycles. The van der Waals surface area contributed by atoms with E-state index in [0.717, 1.165) is 40.2 Å². The molecule has 4 heterocycles. The summed E-state index contributed by atoms with van der Waals surface area (Å²) in [6.07, 6.45) is 0. The Hall–Kier alpha value is -7.10. The number of benzene rings is 4. The van der Waals surface area contributed by atoms with Gasteiger partial charge in [0, 0.05) is 28.4 Å². The fourth-order valence-electron chi connectivity index (χ4n) is 5.10. The van der Waals surface area contributed by atoms with Gasteiger partial charge in [-0.2, -0.15) is 9.89 Å². The summed E-state index contributed by atoms with van der Waals surface area (Å²) >= 11 is 0. The van der Waals surface area contributed by atoms with Gasteiger partial charge in [-0.15, -0.1) is 5.10 Å². The van der Waals surface area contributed by atoms with E-state index < -0.39 is 23.3 Å². The van der Waals surface area contributed by atoms with E-state index in [9.17, 15) is 17.6 Å². The first-order valence-electron chi connectivity index (χ1n) is 14.8. The molecule has 0 fully saturated rings. The molecule has 0 atom stereocenters. The number of aromatic amines is 1. The van der Waals surface area contributed by atoms with E-state index in [1.807, 2.05) is 60.7 Å². The Morgan fingerprint density at radius 2 is 1.18 bits per heavy atom. The monoisotopic (exact) mass is 676 g/mol. The second kappa shape index (κ2) is 12.8. The Balaban J connectivity index is 0.000000157. The average Bonchev–Trinajstić information content (AvgIpc) is 3.69. The molecule has 8 aromatic rings. The zero-order valence-corrected chi connectivity index (χ0v) is 25.6. The van der Waals surface area contributed by atoms with Crippen molar-refractivity contribution in [2.45, 2.75) is 0 Å². The van der Waals surface area contributed by atoms with E-state index in [0.29, 0.717) is 50.8 Å². The molecular formula is C34H24F4N12. The minimum Gasteiger partial charge on any atom is -0.383 e. The summed E-state index contributed by atoms with van der Waals surface area (Å²) in [5.74, 6) is 3.71. The molecule has 4 aromatic carbocycles. The van der Waals surface area contributed by atoms with Gasteiger partial charge in [0.1, 0.15) is 28.5 Å². The standard InChI is InChI=1S/2C17H12F2N6/c18-11-7-6-10(8-12(11)19)21-16-13-14(20)22-15(23-17(13)25-24-16)9-4-2-1-3-5-9;18-11-7-6-10(8-12(11)19)14-13-15(20)22-16(9-4-2-1-3-5-9)23-17(13)25(21)24-14/h1-8H,(H4,20,21,22,23,24,25);1-8H,21H2,(H2,20,22,23). The lowest BCUT2D eigenvalue weighted by atomic mass is 10.1. The second-order valence-electron chi connectivity index (χ2n) is 10.8. The minimum absolute atomic E-state index is 0.153. The Bertz CT molecular complexity index is 2500. The van der Waals surface area contributed by atoms with Crippen molar-refractivity contribution in [3.63, 3.8) is 0 Å². The molecule has 248 valence electrons. The first kappa shape index (κ1) is 31.5. The number of nitrogen functional groups attached to an aromatic ring is 3. The first-order chi connectivity index (χ1) is 24.2. The highest BCUT2D eigenvalue weighted by atomic mass is 19.2. The third-order valence-electron chi connectivity index (χ3n) is 7.47. The molecule has 0 saturated heterocycles. The second-order valence-corrected chi connectivity index (χ2v) is 10.8. The number of H-pyrrole nitrogens is 1. The van der Waals surface area contributed by atoms with Crippen LogP contribution in [0.5, 0.6) is 0 Å². The summed E-state index contributed by atoms with van der Waals surface area (Å²) in [7, 11) is 0. The molecule has 0 spiro atoms. The molecule has 0 aliphatic heterocycles. The highest BCUT2D eigenvalue weighted by molar-refractivity contribution is 5.99. The zero-order chi connectivity index (χ0) is 34.9. The molecule has 16 heteroatoms. The highest BCUT2D eigenvalue weighted by Crippen LogP contribution is 2.33. The molecule has 0 aliphatic carbocycles. The van der Waals surface area contributed by atoms with Crippen LogP contribution in [0.1, 0.15) is 0 Å². The minimum atomic E-state index is -0.988. The van der Waals surface area contributed by atoms with Crippen molar-refractivity contribution in [2.24, 2.45) is 0 Å². The number of nitrogens with zero attached hydrogens (tertiary/aromatic N) is 7. The van der Waals surface area contributed by atoms with Gasteiger partial charge in [0.15, 0.2) is 46.2 Å². The van der Waals surface area contributed by atoms with Crippen molar-refractivity contribution >= 4 is 45.2 Å². The lowest BCUT2D eigenvalue weighted by Crippen LogP contribution is -2.11. The summed E-state index contributed by atoms with van der Waals surface area (Å²) in [5.41, 5.74) is 15.4. The molecule has 0 unspecified atom stereocenters. The summed E-state index contributed by atoms with van der Waals surface area (Å²) in [5, 5.41) is 14.8. The number of nitrogens with two attached hydrogens (primary N) is 3. The van der Waals surface area contributed by atoms with Crippen molar-refractivity contribution in [3.8, 4) is 34.0 Å². The molecular weight excluding hydrogens is 652 g/mol. The van der Waals surface area contributed by atoms with Crippen LogP contribution in [0.4, 0.5) is 40.7 Å². The third-order valence-corrected chi connectivity index (χ3v) is 7.47. The normalized spacial score (nSPS) is 11.0. The van der Waals surface area contributed by atoms with Crippen molar-refractivity contribution in [1.29, 1.82) is 0 Å². The summed E-state index contributed by atoms with van der Waals surface area (Å²) in [6.45, 7) is 0. The molecule has 50 heavy (non-hydrogen) atoms. The van der Waals surface area contributed by atoms with Gasteiger partial charge < -0.3 is 22.6 Å². The van der Waals surface area contributed by atoms with Crippen LogP contribution in [0, 0.1) is 23.3 Å². The predicted molar refractivity (Wildman–Crippen MR) is 182 cm³/mol. The van der Waals surface area contributed by atoms with Crippen LogP contribution in [0.15, 0.2) is 97.1 Å². The summed E-state index contributed by atoms with van der Waals surface area (Å²) < 4.78 is 53.1. The fourth-order valence-corrected chi connectivity index (χ4v) is 5.10. The zero-order valence-electron chi connectivity index (χ0n) is 25.6. The van der Waals surface area contributed by atoms with Gasteiger partial charge >= 0.3 is 0 Å². The number of hydrogen-bond donors (Lipinski definition) is 5. The smallest absolute Gasteiger partial charge is 0.188 e. The lowest BCUT2D eigenvalue weighted by Gasteiger charge is -2.06. The number of hydrogen-bond acceptors (Lipinski definition) is 10. The van der Waals surface area contributed by atoms with Gasteiger partial charge in [-0.25, -0.2) is 37.5 Å². The van der Waals surface area contributed by atoms with Crippen molar-refractivity contribution < 1.29 is 17.6 Å². The number of aromatic nitrogens is 8. The van der Waals surface area contributed by atoms with E-state index in [4.69, 9.17) is 17.3 Å². The molecule has 0 radical (unpaired) electrons. The molecule has 0 aliphatic rings. The molecule has 0 saturated carbocycles. The van der Waals surface area contributed by atoms with Crippen LogP contribution in [0.2, 0.25) is 0 Å². The molecule has 8 rings (SSSR count). The predicted octanol–water partition coefficient (Wildman–Crippen LogP) is 6.36. The number of nitrogens with one attached hydrogen (secondary N) is 2. The first-order valence-corrected chi connectivity index (χ1v) is 14.8. The Kier molecular flexibility index (Phi) is 8.08. The number of halogens is 4. The van der Waals surface area contributed by atoms with Crippen LogP contribution >= 0.6 is 0 Å². The fraction of sp³-hybridized carbons (Fsp3) is 0. The van der Waals surface area contributed by atoms with E-state index in [1.165, 1.54) is 12.1 Å². The van der Waals surface area contributed by atoms with Crippen molar-refractivity contribution in [3.05, 3.63) is 120 Å². The van der Waals surface area contributed by atoms with Crippen LogP contribution < -0.4 is 22.6 Å². The van der Waals surface area contributed by atoms with Gasteiger partial charge in [-0.3, -0.25) is 5.10 Å². The van der Waals surface area contributed by atoms with Crippen LogP contribution in [-0.2, 0) is 0 Å². The Labute approximate surface area is 279 Å².